The van der Waals surface area contributed by atoms with Crippen LogP contribution < -0.4 is 0 Å². The van der Waals surface area contributed by atoms with E-state index in [2.05, 4.69) is 10.2 Å². The van der Waals surface area contributed by atoms with Crippen LogP contribution in [0.5, 0.6) is 0 Å². The highest BCUT2D eigenvalue weighted by Gasteiger charge is 2.17. The Morgan fingerprint density at radius 2 is 2.14 bits per heavy atom. The number of hydrogen-bond acceptors (Lipinski definition) is 3. The summed E-state index contributed by atoms with van der Waals surface area (Å²) in [5.41, 5.74) is 0.423. The fourth-order valence-corrected chi connectivity index (χ4v) is 2.05. The summed E-state index contributed by atoms with van der Waals surface area (Å²) in [5.74, 6) is -0.892. The van der Waals surface area contributed by atoms with E-state index in [0.717, 1.165) is 12.1 Å². The van der Waals surface area contributed by atoms with Gasteiger partial charge >= 0.3 is 0 Å². The number of nitrogens with one attached hydrogen (secondary N) is 1. The molecule has 0 unspecified atom stereocenters. The number of fused-ring (bicyclic) bond motifs is 1. The standard InChI is InChI=1S/C7H4ClFN2O2S/c8-14(12,13)7-1-4-3-10-11-6(4)2-5(7)9/h1-3H,(H,10,11). The van der Waals surface area contributed by atoms with E-state index in [9.17, 15) is 12.8 Å². The van der Waals surface area contributed by atoms with Crippen molar-refractivity contribution in [3.8, 4) is 0 Å². The fraction of sp³-hybridized carbons (Fsp3) is 0. The van der Waals surface area contributed by atoms with Crippen molar-refractivity contribution in [1.82, 2.24) is 10.2 Å². The smallest absolute Gasteiger partial charge is 0.264 e. The minimum Gasteiger partial charge on any atom is -0.278 e. The van der Waals surface area contributed by atoms with Crippen molar-refractivity contribution in [1.29, 1.82) is 0 Å². The number of hydrogen-bond donors (Lipinski definition) is 1. The average Bonchev–Trinajstić information content (AvgIpc) is 2.47. The van der Waals surface area contributed by atoms with Crippen LogP contribution in [0.4, 0.5) is 4.39 Å². The Balaban J connectivity index is 2.84. The lowest BCUT2D eigenvalue weighted by molar-refractivity contribution is 0.577. The van der Waals surface area contributed by atoms with Gasteiger partial charge in [0.05, 0.1) is 11.7 Å². The topological polar surface area (TPSA) is 62.8 Å². The number of benzene rings is 1. The molecule has 74 valence electrons. The predicted octanol–water partition coefficient (Wildman–Crippen LogP) is 1.63. The van der Waals surface area contributed by atoms with Crippen molar-refractivity contribution in [3.63, 3.8) is 0 Å². The average molecular weight is 235 g/mol. The minimum absolute atomic E-state index is 0.423. The fourth-order valence-electron chi connectivity index (χ4n) is 1.13. The molecule has 0 saturated carbocycles. The number of halogens is 2. The van der Waals surface area contributed by atoms with Gasteiger partial charge in [-0.15, -0.1) is 0 Å². The van der Waals surface area contributed by atoms with Gasteiger partial charge < -0.3 is 0 Å². The Morgan fingerprint density at radius 3 is 2.79 bits per heavy atom. The molecule has 0 saturated heterocycles. The van der Waals surface area contributed by atoms with Crippen molar-refractivity contribution in [3.05, 3.63) is 24.1 Å². The van der Waals surface area contributed by atoms with E-state index in [-0.39, 0.29) is 0 Å². The quantitative estimate of drug-likeness (QED) is 0.763. The number of aromatic nitrogens is 2. The summed E-state index contributed by atoms with van der Waals surface area (Å²) in [6.07, 6.45) is 1.39. The van der Waals surface area contributed by atoms with E-state index < -0.39 is 19.8 Å². The third kappa shape index (κ3) is 1.46. The van der Waals surface area contributed by atoms with Crippen molar-refractivity contribution in [2.75, 3.05) is 0 Å². The highest BCUT2D eigenvalue weighted by atomic mass is 35.7. The molecule has 0 aliphatic heterocycles. The van der Waals surface area contributed by atoms with Crippen LogP contribution in [0.1, 0.15) is 0 Å². The largest absolute Gasteiger partial charge is 0.278 e. The molecule has 0 aliphatic rings. The van der Waals surface area contributed by atoms with Crippen LogP contribution in [0.2, 0.25) is 0 Å². The highest BCUT2D eigenvalue weighted by molar-refractivity contribution is 8.13. The lowest BCUT2D eigenvalue weighted by Crippen LogP contribution is -1.94. The van der Waals surface area contributed by atoms with E-state index in [1.54, 1.807) is 0 Å². The molecule has 0 atom stereocenters. The van der Waals surface area contributed by atoms with Crippen LogP contribution in [0.3, 0.4) is 0 Å². The summed E-state index contributed by atoms with van der Waals surface area (Å²) in [7, 11) is 0.986. The first-order valence-electron chi connectivity index (χ1n) is 3.56. The van der Waals surface area contributed by atoms with Crippen molar-refractivity contribution in [2.24, 2.45) is 0 Å². The molecule has 1 aromatic carbocycles. The zero-order valence-corrected chi connectivity index (χ0v) is 8.23. The molecule has 1 aromatic heterocycles. The Labute approximate surface area is 83.1 Å². The second-order valence-corrected chi connectivity index (χ2v) is 5.21. The molecule has 2 rings (SSSR count). The predicted molar refractivity (Wildman–Crippen MR) is 49.1 cm³/mol. The van der Waals surface area contributed by atoms with E-state index in [1.807, 2.05) is 0 Å². The van der Waals surface area contributed by atoms with Gasteiger partial charge in [-0.1, -0.05) is 0 Å². The first kappa shape index (κ1) is 9.42. The monoisotopic (exact) mass is 234 g/mol. The Bertz CT molecular complexity index is 593. The van der Waals surface area contributed by atoms with Crippen LogP contribution in [0, 0.1) is 5.82 Å². The lowest BCUT2D eigenvalue weighted by atomic mass is 10.2. The molecule has 0 aliphatic carbocycles. The molecular formula is C7H4ClFN2O2S. The van der Waals surface area contributed by atoms with Crippen LogP contribution in [-0.4, -0.2) is 18.6 Å². The maximum absolute atomic E-state index is 13.2. The number of nitrogens with zero attached hydrogens (tertiary/aromatic N) is 1. The van der Waals surface area contributed by atoms with E-state index in [0.29, 0.717) is 10.9 Å². The second-order valence-electron chi connectivity index (χ2n) is 2.68. The normalized spacial score (nSPS) is 12.1. The third-order valence-corrected chi connectivity index (χ3v) is 3.09. The Kier molecular flexibility index (Phi) is 1.97. The van der Waals surface area contributed by atoms with Crippen LogP contribution in [-0.2, 0) is 9.05 Å². The summed E-state index contributed by atoms with van der Waals surface area (Å²) in [6.45, 7) is 0. The summed E-state index contributed by atoms with van der Waals surface area (Å²) in [5, 5.41) is 6.64. The van der Waals surface area contributed by atoms with Crippen molar-refractivity contribution in [2.45, 2.75) is 4.90 Å². The number of rotatable bonds is 1. The summed E-state index contributed by atoms with van der Waals surface area (Å²) >= 11 is 0. The lowest BCUT2D eigenvalue weighted by Gasteiger charge is -1.97. The molecule has 0 bridgehead atoms. The second kappa shape index (κ2) is 2.93. The third-order valence-electron chi connectivity index (χ3n) is 1.76. The molecule has 0 spiro atoms. The SMILES string of the molecule is O=S(=O)(Cl)c1cc2cn[nH]c2cc1F. The van der Waals surface area contributed by atoms with Gasteiger partial charge in [-0.05, 0) is 6.07 Å². The molecule has 0 amide bonds. The van der Waals surface area contributed by atoms with Gasteiger partial charge in [0.25, 0.3) is 9.05 Å². The molecule has 14 heavy (non-hydrogen) atoms. The Morgan fingerprint density at radius 1 is 1.43 bits per heavy atom. The zero-order chi connectivity index (χ0) is 10.3. The summed E-state index contributed by atoms with van der Waals surface area (Å²) in [4.78, 5) is -0.534. The van der Waals surface area contributed by atoms with Crippen LogP contribution in [0.25, 0.3) is 10.9 Å². The van der Waals surface area contributed by atoms with Gasteiger partial charge in [-0.2, -0.15) is 5.10 Å². The van der Waals surface area contributed by atoms with E-state index in [4.69, 9.17) is 10.7 Å². The van der Waals surface area contributed by atoms with Gasteiger partial charge in [0.1, 0.15) is 10.7 Å². The van der Waals surface area contributed by atoms with Gasteiger partial charge in [0, 0.05) is 22.1 Å². The molecular weight excluding hydrogens is 231 g/mol. The molecule has 7 heteroatoms. The summed E-state index contributed by atoms with van der Waals surface area (Å²) in [6, 6.07) is 2.17. The number of H-pyrrole nitrogens is 1. The highest BCUT2D eigenvalue weighted by Crippen LogP contribution is 2.23. The molecule has 1 N–H and O–H groups in total. The number of aromatic amines is 1. The first-order valence-corrected chi connectivity index (χ1v) is 5.87. The molecule has 0 radical (unpaired) electrons. The van der Waals surface area contributed by atoms with Gasteiger partial charge in [-0.25, -0.2) is 12.8 Å². The van der Waals surface area contributed by atoms with E-state index >= 15 is 0 Å². The molecule has 1 heterocycles. The maximum Gasteiger partial charge on any atom is 0.264 e. The Hall–Kier alpha value is -1.14. The molecule has 4 nitrogen and oxygen atoms in total. The van der Waals surface area contributed by atoms with Crippen molar-refractivity contribution >= 4 is 30.6 Å². The van der Waals surface area contributed by atoms with Gasteiger partial charge in [0.15, 0.2) is 0 Å². The minimum atomic E-state index is -4.05. The van der Waals surface area contributed by atoms with Gasteiger partial charge in [-0.3, -0.25) is 5.10 Å². The van der Waals surface area contributed by atoms with Gasteiger partial charge in [0.2, 0.25) is 0 Å². The molecule has 2 aromatic rings. The summed E-state index contributed by atoms with van der Waals surface area (Å²) < 4.78 is 35.0. The molecule has 0 fully saturated rings. The zero-order valence-electron chi connectivity index (χ0n) is 6.66. The van der Waals surface area contributed by atoms with Crippen molar-refractivity contribution < 1.29 is 12.8 Å². The maximum atomic E-state index is 13.2. The first-order chi connectivity index (χ1) is 6.48. The van der Waals surface area contributed by atoms with Crippen LogP contribution >= 0.6 is 10.7 Å². The van der Waals surface area contributed by atoms with E-state index in [1.165, 1.54) is 6.20 Å². The van der Waals surface area contributed by atoms with Crippen LogP contribution in [0.15, 0.2) is 23.2 Å².